The first-order valence-corrected chi connectivity index (χ1v) is 7.52. The molecule has 0 spiro atoms. The van der Waals surface area contributed by atoms with Crippen LogP contribution in [0.25, 0.3) is 0 Å². The molecule has 1 heterocycles. The smallest absolute Gasteiger partial charge is 0.259 e. The second kappa shape index (κ2) is 6.58. The number of nitrogens with two attached hydrogens (primary N) is 1. The largest absolute Gasteiger partial charge is 0.493 e. The standard InChI is InChI=1S/C15H19N3O2S/c1-4-20-13-7-5-6-12(16)14(13)15(19)18(3)9-11-8-17-10(2)21-11/h5-8H,4,9,16H2,1-3H3. The Kier molecular flexibility index (Phi) is 4.80. The highest BCUT2D eigenvalue weighted by Crippen LogP contribution is 2.26. The Morgan fingerprint density at radius 3 is 2.86 bits per heavy atom. The second-order valence-corrected chi connectivity index (χ2v) is 5.98. The van der Waals surface area contributed by atoms with Crippen molar-refractivity contribution in [3.8, 4) is 5.75 Å². The van der Waals surface area contributed by atoms with Crippen molar-refractivity contribution < 1.29 is 9.53 Å². The molecule has 0 aliphatic carbocycles. The number of nitrogen functional groups attached to an aromatic ring is 1. The van der Waals surface area contributed by atoms with Gasteiger partial charge >= 0.3 is 0 Å². The molecule has 1 amide bonds. The van der Waals surface area contributed by atoms with Crippen LogP contribution in [-0.2, 0) is 6.54 Å². The van der Waals surface area contributed by atoms with Gasteiger partial charge in [0.2, 0.25) is 0 Å². The normalized spacial score (nSPS) is 10.4. The first kappa shape index (κ1) is 15.3. The summed E-state index contributed by atoms with van der Waals surface area (Å²) in [5.41, 5.74) is 6.80. The van der Waals surface area contributed by atoms with Gasteiger partial charge in [-0.15, -0.1) is 11.3 Å². The van der Waals surface area contributed by atoms with Crippen LogP contribution < -0.4 is 10.5 Å². The maximum atomic E-state index is 12.6. The monoisotopic (exact) mass is 305 g/mol. The number of ether oxygens (including phenoxy) is 1. The summed E-state index contributed by atoms with van der Waals surface area (Å²) in [5.74, 6) is 0.373. The van der Waals surface area contributed by atoms with Crippen molar-refractivity contribution in [2.45, 2.75) is 20.4 Å². The lowest BCUT2D eigenvalue weighted by molar-refractivity contribution is 0.0783. The zero-order valence-electron chi connectivity index (χ0n) is 12.4. The Hall–Kier alpha value is -2.08. The van der Waals surface area contributed by atoms with Gasteiger partial charge in [0.25, 0.3) is 5.91 Å². The molecule has 21 heavy (non-hydrogen) atoms. The van der Waals surface area contributed by atoms with Crippen LogP contribution in [0.1, 0.15) is 27.2 Å². The molecule has 1 aromatic heterocycles. The molecule has 5 nitrogen and oxygen atoms in total. The molecule has 2 rings (SSSR count). The Labute approximate surface area is 128 Å². The number of hydrogen-bond acceptors (Lipinski definition) is 5. The summed E-state index contributed by atoms with van der Waals surface area (Å²) < 4.78 is 5.51. The maximum absolute atomic E-state index is 12.6. The topological polar surface area (TPSA) is 68.5 Å². The minimum atomic E-state index is -0.150. The summed E-state index contributed by atoms with van der Waals surface area (Å²) in [6.07, 6.45) is 1.79. The predicted octanol–water partition coefficient (Wildman–Crippen LogP) is 2.70. The molecule has 0 aliphatic rings. The zero-order valence-corrected chi connectivity index (χ0v) is 13.2. The number of benzene rings is 1. The minimum Gasteiger partial charge on any atom is -0.493 e. The molecule has 0 saturated heterocycles. The van der Waals surface area contributed by atoms with Crippen LogP contribution >= 0.6 is 11.3 Å². The van der Waals surface area contributed by atoms with Gasteiger partial charge in [0.05, 0.1) is 18.2 Å². The third kappa shape index (κ3) is 3.52. The fraction of sp³-hybridized carbons (Fsp3) is 0.333. The molecule has 2 aromatic rings. The highest BCUT2D eigenvalue weighted by molar-refractivity contribution is 7.11. The number of amides is 1. The van der Waals surface area contributed by atoms with Crippen molar-refractivity contribution in [1.29, 1.82) is 0 Å². The third-order valence-corrected chi connectivity index (χ3v) is 3.88. The van der Waals surface area contributed by atoms with Crippen LogP contribution in [0.3, 0.4) is 0 Å². The summed E-state index contributed by atoms with van der Waals surface area (Å²) in [6.45, 7) is 4.81. The lowest BCUT2D eigenvalue weighted by Gasteiger charge is -2.19. The average molecular weight is 305 g/mol. The summed E-state index contributed by atoms with van der Waals surface area (Å²) in [6, 6.07) is 5.25. The van der Waals surface area contributed by atoms with Crippen molar-refractivity contribution in [1.82, 2.24) is 9.88 Å². The second-order valence-electron chi connectivity index (χ2n) is 4.66. The lowest BCUT2D eigenvalue weighted by atomic mass is 10.1. The fourth-order valence-electron chi connectivity index (χ4n) is 2.03. The molecule has 0 atom stereocenters. The Bertz CT molecular complexity index is 640. The molecule has 0 radical (unpaired) electrons. The van der Waals surface area contributed by atoms with E-state index in [1.807, 2.05) is 13.8 Å². The average Bonchev–Trinajstić information content (AvgIpc) is 2.84. The number of carbonyl (C=O) groups excluding carboxylic acids is 1. The Morgan fingerprint density at radius 1 is 1.48 bits per heavy atom. The van der Waals surface area contributed by atoms with Crippen LogP contribution in [0.4, 0.5) is 5.69 Å². The Morgan fingerprint density at radius 2 is 2.24 bits per heavy atom. The quantitative estimate of drug-likeness (QED) is 0.862. The van der Waals surface area contributed by atoms with Gasteiger partial charge in [-0.2, -0.15) is 0 Å². The Balaban J connectivity index is 2.22. The van der Waals surface area contributed by atoms with E-state index in [1.54, 1.807) is 47.7 Å². The highest BCUT2D eigenvalue weighted by atomic mass is 32.1. The van der Waals surface area contributed by atoms with E-state index < -0.39 is 0 Å². The van der Waals surface area contributed by atoms with E-state index in [2.05, 4.69) is 4.98 Å². The van der Waals surface area contributed by atoms with E-state index in [0.29, 0.717) is 30.2 Å². The van der Waals surface area contributed by atoms with Gasteiger partial charge in [-0.3, -0.25) is 4.79 Å². The fourth-order valence-corrected chi connectivity index (χ4v) is 2.88. The number of rotatable bonds is 5. The number of thiazole rings is 1. The molecular formula is C15H19N3O2S. The van der Waals surface area contributed by atoms with Crippen molar-refractivity contribution in [2.24, 2.45) is 0 Å². The van der Waals surface area contributed by atoms with Gasteiger partial charge in [0, 0.05) is 23.8 Å². The van der Waals surface area contributed by atoms with Gasteiger partial charge in [-0.1, -0.05) is 6.07 Å². The molecule has 6 heteroatoms. The number of aromatic nitrogens is 1. The van der Waals surface area contributed by atoms with Gasteiger partial charge in [0.1, 0.15) is 11.3 Å². The molecule has 112 valence electrons. The number of nitrogens with zero attached hydrogens (tertiary/aromatic N) is 2. The van der Waals surface area contributed by atoms with Crippen LogP contribution in [0.2, 0.25) is 0 Å². The summed E-state index contributed by atoms with van der Waals surface area (Å²) in [4.78, 5) is 19.5. The number of hydrogen-bond donors (Lipinski definition) is 1. The number of aryl methyl sites for hydroxylation is 1. The first-order chi connectivity index (χ1) is 10.0. The van der Waals surface area contributed by atoms with E-state index in [-0.39, 0.29) is 5.91 Å². The number of carbonyl (C=O) groups is 1. The van der Waals surface area contributed by atoms with Crippen LogP contribution in [0, 0.1) is 6.92 Å². The third-order valence-electron chi connectivity index (χ3n) is 2.98. The van der Waals surface area contributed by atoms with Gasteiger partial charge in [-0.25, -0.2) is 4.98 Å². The first-order valence-electron chi connectivity index (χ1n) is 6.71. The van der Waals surface area contributed by atoms with Crippen molar-refractivity contribution in [3.05, 3.63) is 39.8 Å². The molecule has 0 bridgehead atoms. The van der Waals surface area contributed by atoms with E-state index in [1.165, 1.54) is 0 Å². The zero-order chi connectivity index (χ0) is 15.4. The molecule has 0 aliphatic heterocycles. The van der Waals surface area contributed by atoms with Crippen LogP contribution in [-0.4, -0.2) is 29.4 Å². The summed E-state index contributed by atoms with van der Waals surface area (Å²) >= 11 is 1.58. The van der Waals surface area contributed by atoms with Crippen molar-refractivity contribution >= 4 is 22.9 Å². The molecule has 0 unspecified atom stereocenters. The van der Waals surface area contributed by atoms with Gasteiger partial charge in [-0.05, 0) is 26.0 Å². The van der Waals surface area contributed by atoms with E-state index in [0.717, 1.165) is 9.88 Å². The van der Waals surface area contributed by atoms with Crippen molar-refractivity contribution in [3.63, 3.8) is 0 Å². The number of anilines is 1. The maximum Gasteiger partial charge on any atom is 0.259 e. The lowest BCUT2D eigenvalue weighted by Crippen LogP contribution is -2.27. The van der Waals surface area contributed by atoms with Gasteiger partial charge in [0.15, 0.2) is 0 Å². The van der Waals surface area contributed by atoms with Crippen LogP contribution in [0.5, 0.6) is 5.75 Å². The van der Waals surface area contributed by atoms with Gasteiger partial charge < -0.3 is 15.4 Å². The van der Waals surface area contributed by atoms with E-state index in [4.69, 9.17) is 10.5 Å². The minimum absolute atomic E-state index is 0.150. The summed E-state index contributed by atoms with van der Waals surface area (Å²) in [5, 5.41) is 0.986. The highest BCUT2D eigenvalue weighted by Gasteiger charge is 2.20. The van der Waals surface area contributed by atoms with Crippen molar-refractivity contribution in [2.75, 3.05) is 19.4 Å². The van der Waals surface area contributed by atoms with E-state index >= 15 is 0 Å². The predicted molar refractivity (Wildman–Crippen MR) is 84.7 cm³/mol. The SMILES string of the molecule is CCOc1cccc(N)c1C(=O)N(C)Cc1cnc(C)s1. The molecule has 2 N–H and O–H groups in total. The molecule has 0 saturated carbocycles. The molecule has 0 fully saturated rings. The van der Waals surface area contributed by atoms with Crippen LogP contribution in [0.15, 0.2) is 24.4 Å². The summed E-state index contributed by atoms with van der Waals surface area (Å²) in [7, 11) is 1.75. The van der Waals surface area contributed by atoms with E-state index in [9.17, 15) is 4.79 Å². The molecular weight excluding hydrogens is 286 g/mol. The molecule has 1 aromatic carbocycles.